The van der Waals surface area contributed by atoms with E-state index in [-0.39, 0.29) is 5.41 Å². The number of allylic oxidation sites excluding steroid dienone is 1. The average molecular weight is 218 g/mol. The second-order valence-corrected chi connectivity index (χ2v) is 5.52. The van der Waals surface area contributed by atoms with Gasteiger partial charge in [-0.25, -0.2) is 0 Å². The van der Waals surface area contributed by atoms with Gasteiger partial charge in [0.25, 0.3) is 0 Å². The highest BCUT2D eigenvalue weighted by molar-refractivity contribution is 5.29. The molecule has 2 aliphatic rings. The number of rotatable bonds is 1. The quantitative estimate of drug-likeness (QED) is 0.528. The van der Waals surface area contributed by atoms with Gasteiger partial charge in [0.15, 0.2) is 0 Å². The fourth-order valence-corrected chi connectivity index (χ4v) is 3.34. The largest absolute Gasteiger partial charge is 0.377 e. The fraction of sp³-hybridized carbons (Fsp3) is 0.733. The van der Waals surface area contributed by atoms with Crippen molar-refractivity contribution in [1.82, 2.24) is 0 Å². The Hall–Kier alpha value is -0.740. The third-order valence-electron chi connectivity index (χ3n) is 4.62. The van der Waals surface area contributed by atoms with Crippen molar-refractivity contribution in [2.75, 3.05) is 0 Å². The van der Waals surface area contributed by atoms with Crippen LogP contribution in [0.5, 0.6) is 0 Å². The van der Waals surface area contributed by atoms with Crippen LogP contribution >= 0.6 is 0 Å². The summed E-state index contributed by atoms with van der Waals surface area (Å²) in [6.07, 6.45) is 16.8. The molecule has 88 valence electrons. The minimum Gasteiger partial charge on any atom is -0.377 e. The van der Waals surface area contributed by atoms with E-state index >= 15 is 0 Å². The molecule has 2 atom stereocenters. The van der Waals surface area contributed by atoms with E-state index in [4.69, 9.17) is 6.42 Å². The summed E-state index contributed by atoms with van der Waals surface area (Å²) < 4.78 is 0. The van der Waals surface area contributed by atoms with Gasteiger partial charge in [-0.3, -0.25) is 0 Å². The summed E-state index contributed by atoms with van der Waals surface area (Å²) >= 11 is 0. The van der Waals surface area contributed by atoms with E-state index in [0.29, 0.717) is 0 Å². The molecule has 0 aromatic carbocycles. The first-order chi connectivity index (χ1) is 7.62. The zero-order valence-electron chi connectivity index (χ0n) is 10.3. The Morgan fingerprint density at radius 1 is 1.25 bits per heavy atom. The molecule has 2 aliphatic carbocycles. The molecule has 0 amide bonds. The van der Waals surface area contributed by atoms with E-state index in [9.17, 15) is 5.11 Å². The lowest BCUT2D eigenvalue weighted by atomic mass is 9.59. The lowest BCUT2D eigenvalue weighted by Gasteiger charge is -2.48. The van der Waals surface area contributed by atoms with Gasteiger partial charge in [-0.2, -0.15) is 0 Å². The van der Waals surface area contributed by atoms with Crippen LogP contribution in [0.15, 0.2) is 11.6 Å². The molecule has 0 radical (unpaired) electrons. The lowest BCUT2D eigenvalue weighted by molar-refractivity contribution is -0.0395. The molecule has 0 aliphatic heterocycles. The maximum absolute atomic E-state index is 10.7. The van der Waals surface area contributed by atoms with Crippen LogP contribution in [-0.2, 0) is 0 Å². The standard InChI is InChI=1S/C15H22O/c1-3-15(16)12-8-7-11-14(15,2)13-9-5-4-6-10-13/h1,9,16H,4-8,10-12H2,2H3. The van der Waals surface area contributed by atoms with Gasteiger partial charge >= 0.3 is 0 Å². The summed E-state index contributed by atoms with van der Waals surface area (Å²) in [6, 6.07) is 0. The van der Waals surface area contributed by atoms with E-state index in [1.54, 1.807) is 0 Å². The molecule has 1 nitrogen and oxygen atoms in total. The van der Waals surface area contributed by atoms with Crippen LogP contribution in [0, 0.1) is 17.8 Å². The fourth-order valence-electron chi connectivity index (χ4n) is 3.34. The Morgan fingerprint density at radius 3 is 2.62 bits per heavy atom. The number of terminal acetylenes is 1. The van der Waals surface area contributed by atoms with Gasteiger partial charge < -0.3 is 5.11 Å². The lowest BCUT2D eigenvalue weighted by Crippen LogP contribution is -2.49. The zero-order chi connectivity index (χ0) is 11.6. The highest BCUT2D eigenvalue weighted by atomic mass is 16.3. The maximum Gasteiger partial charge on any atom is 0.134 e. The first-order valence-electron chi connectivity index (χ1n) is 6.52. The SMILES string of the molecule is C#CC1(O)CCCCC1(C)C1=CCCCC1. The monoisotopic (exact) mass is 218 g/mol. The van der Waals surface area contributed by atoms with Crippen LogP contribution < -0.4 is 0 Å². The molecule has 0 saturated heterocycles. The summed E-state index contributed by atoms with van der Waals surface area (Å²) in [6.45, 7) is 2.17. The van der Waals surface area contributed by atoms with E-state index < -0.39 is 5.60 Å². The predicted octanol–water partition coefficient (Wildman–Crippen LogP) is 3.43. The maximum atomic E-state index is 10.7. The molecule has 16 heavy (non-hydrogen) atoms. The zero-order valence-corrected chi connectivity index (χ0v) is 10.3. The first-order valence-corrected chi connectivity index (χ1v) is 6.52. The van der Waals surface area contributed by atoms with Crippen LogP contribution in [0.3, 0.4) is 0 Å². The summed E-state index contributed by atoms with van der Waals surface area (Å²) in [4.78, 5) is 0. The normalized spacial score (nSPS) is 39.9. The van der Waals surface area contributed by atoms with Gasteiger partial charge in [0.05, 0.1) is 0 Å². The van der Waals surface area contributed by atoms with Crippen LogP contribution in [0.1, 0.15) is 58.3 Å². The van der Waals surface area contributed by atoms with Crippen molar-refractivity contribution in [2.45, 2.75) is 63.9 Å². The van der Waals surface area contributed by atoms with Gasteiger partial charge in [0.1, 0.15) is 5.60 Å². The van der Waals surface area contributed by atoms with E-state index in [1.165, 1.54) is 24.8 Å². The van der Waals surface area contributed by atoms with Crippen molar-refractivity contribution < 1.29 is 5.11 Å². The average Bonchev–Trinajstić information content (AvgIpc) is 2.34. The number of hydrogen-bond acceptors (Lipinski definition) is 1. The molecule has 1 heteroatoms. The molecule has 2 unspecified atom stereocenters. The van der Waals surface area contributed by atoms with Gasteiger partial charge in [0, 0.05) is 5.41 Å². The molecule has 0 bridgehead atoms. The van der Waals surface area contributed by atoms with Crippen molar-refractivity contribution in [2.24, 2.45) is 5.41 Å². The number of hydrogen-bond donors (Lipinski definition) is 1. The third-order valence-corrected chi connectivity index (χ3v) is 4.62. The second-order valence-electron chi connectivity index (χ2n) is 5.52. The minimum absolute atomic E-state index is 0.166. The molecule has 1 fully saturated rings. The first kappa shape index (κ1) is 11.7. The molecular weight excluding hydrogens is 196 g/mol. The predicted molar refractivity (Wildman–Crippen MR) is 66.9 cm³/mol. The van der Waals surface area contributed by atoms with Gasteiger partial charge in [-0.15, -0.1) is 6.42 Å². The topological polar surface area (TPSA) is 20.2 Å². The van der Waals surface area contributed by atoms with E-state index in [0.717, 1.165) is 32.1 Å². The smallest absolute Gasteiger partial charge is 0.134 e. The molecular formula is C15H22O. The molecule has 0 aromatic rings. The second kappa shape index (κ2) is 4.26. The Morgan fingerprint density at radius 2 is 2.00 bits per heavy atom. The van der Waals surface area contributed by atoms with Crippen molar-refractivity contribution >= 4 is 0 Å². The highest BCUT2D eigenvalue weighted by Gasteiger charge is 2.49. The van der Waals surface area contributed by atoms with Crippen molar-refractivity contribution in [3.05, 3.63) is 11.6 Å². The Balaban J connectivity index is 2.33. The molecule has 2 rings (SSSR count). The Kier molecular flexibility index (Phi) is 3.13. The van der Waals surface area contributed by atoms with Crippen LogP contribution in [0.4, 0.5) is 0 Å². The molecule has 1 N–H and O–H groups in total. The molecule has 0 spiro atoms. The third kappa shape index (κ3) is 1.70. The van der Waals surface area contributed by atoms with Crippen LogP contribution in [-0.4, -0.2) is 10.7 Å². The molecule has 1 saturated carbocycles. The van der Waals surface area contributed by atoms with E-state index in [2.05, 4.69) is 18.9 Å². The van der Waals surface area contributed by atoms with Crippen LogP contribution in [0.2, 0.25) is 0 Å². The van der Waals surface area contributed by atoms with Crippen molar-refractivity contribution in [1.29, 1.82) is 0 Å². The Labute approximate surface area is 98.9 Å². The molecule has 0 aromatic heterocycles. The summed E-state index contributed by atoms with van der Waals surface area (Å²) in [7, 11) is 0. The van der Waals surface area contributed by atoms with Gasteiger partial charge in [-0.1, -0.05) is 30.9 Å². The summed E-state index contributed by atoms with van der Waals surface area (Å²) in [5.41, 5.74) is 0.341. The minimum atomic E-state index is -0.908. The van der Waals surface area contributed by atoms with Crippen LogP contribution in [0.25, 0.3) is 0 Å². The van der Waals surface area contributed by atoms with Gasteiger partial charge in [-0.05, 0) is 44.9 Å². The van der Waals surface area contributed by atoms with Crippen molar-refractivity contribution in [3.8, 4) is 12.3 Å². The van der Waals surface area contributed by atoms with E-state index in [1.807, 2.05) is 0 Å². The summed E-state index contributed by atoms with van der Waals surface area (Å²) in [5.74, 6) is 2.68. The molecule has 0 heterocycles. The highest BCUT2D eigenvalue weighted by Crippen LogP contribution is 2.51. The Bertz CT molecular complexity index is 336. The van der Waals surface area contributed by atoms with Crippen molar-refractivity contribution in [3.63, 3.8) is 0 Å². The summed E-state index contributed by atoms with van der Waals surface area (Å²) in [5, 5.41) is 10.7. The number of aliphatic hydroxyl groups is 1. The van der Waals surface area contributed by atoms with Gasteiger partial charge in [0.2, 0.25) is 0 Å².